The van der Waals surface area contributed by atoms with Crippen LogP contribution in [0.3, 0.4) is 0 Å². The lowest BCUT2D eigenvalue weighted by Gasteiger charge is -2.20. The van der Waals surface area contributed by atoms with Crippen molar-refractivity contribution < 1.29 is 19.4 Å². The zero-order valence-corrected chi connectivity index (χ0v) is 13.6. The molecule has 25 heavy (non-hydrogen) atoms. The maximum Gasteiger partial charge on any atom is 0.339 e. The monoisotopic (exact) mass is 336 g/mol. The Balaban J connectivity index is 1.84. The summed E-state index contributed by atoms with van der Waals surface area (Å²) in [4.78, 5) is 16.0. The number of aromatic carboxylic acids is 1. The normalized spacial score (nSPS) is 12.8. The molecule has 0 saturated heterocycles. The quantitative estimate of drug-likeness (QED) is 0.758. The van der Waals surface area contributed by atoms with Crippen molar-refractivity contribution in [2.45, 2.75) is 6.92 Å². The summed E-state index contributed by atoms with van der Waals surface area (Å²) in [6.45, 7) is 2.97. The van der Waals surface area contributed by atoms with Crippen molar-refractivity contribution in [2.75, 3.05) is 18.5 Å². The van der Waals surface area contributed by atoms with Gasteiger partial charge < -0.3 is 19.9 Å². The molecule has 0 saturated carbocycles. The minimum absolute atomic E-state index is 0.119. The van der Waals surface area contributed by atoms with Crippen LogP contribution < -0.4 is 14.8 Å². The molecule has 2 heterocycles. The molecule has 1 aromatic heterocycles. The third-order valence-electron chi connectivity index (χ3n) is 4.14. The third-order valence-corrected chi connectivity index (χ3v) is 4.14. The van der Waals surface area contributed by atoms with Crippen LogP contribution in [0, 0.1) is 6.92 Å². The Morgan fingerprint density at radius 2 is 1.96 bits per heavy atom. The highest BCUT2D eigenvalue weighted by Gasteiger charge is 2.17. The van der Waals surface area contributed by atoms with Crippen molar-refractivity contribution in [1.29, 1.82) is 0 Å². The Morgan fingerprint density at radius 3 is 2.76 bits per heavy atom. The molecule has 2 aromatic carbocycles. The molecule has 0 bridgehead atoms. The summed E-state index contributed by atoms with van der Waals surface area (Å²) >= 11 is 0. The maximum absolute atomic E-state index is 11.6. The van der Waals surface area contributed by atoms with Crippen molar-refractivity contribution in [1.82, 2.24) is 4.98 Å². The average molecular weight is 336 g/mol. The van der Waals surface area contributed by atoms with Crippen LogP contribution in [0.5, 0.6) is 11.5 Å². The Morgan fingerprint density at radius 1 is 1.16 bits per heavy atom. The van der Waals surface area contributed by atoms with Crippen molar-refractivity contribution in [2.24, 2.45) is 0 Å². The molecule has 0 aliphatic carbocycles. The number of carboxylic acids is 1. The number of nitrogens with one attached hydrogen (secondary N) is 1. The molecule has 2 N–H and O–H groups in total. The lowest BCUT2D eigenvalue weighted by molar-refractivity contribution is 0.0697. The van der Waals surface area contributed by atoms with Crippen LogP contribution in [-0.4, -0.2) is 29.3 Å². The van der Waals surface area contributed by atoms with Crippen LogP contribution in [0.15, 0.2) is 42.6 Å². The SMILES string of the molecule is Cc1cccc2c(Nc3ccc4c(c3)OCCO4)c(C(=O)O)cnc12. The van der Waals surface area contributed by atoms with E-state index in [9.17, 15) is 9.90 Å². The average Bonchev–Trinajstić information content (AvgIpc) is 2.62. The molecule has 3 aromatic rings. The third kappa shape index (κ3) is 2.71. The van der Waals surface area contributed by atoms with Crippen LogP contribution in [0.1, 0.15) is 15.9 Å². The van der Waals surface area contributed by atoms with Gasteiger partial charge in [0.1, 0.15) is 18.8 Å². The predicted octanol–water partition coefficient (Wildman–Crippen LogP) is 3.76. The molecule has 0 unspecified atom stereocenters. The first-order chi connectivity index (χ1) is 12.1. The second kappa shape index (κ2) is 5.98. The molecular formula is C19H16N2O4. The number of aryl methyl sites for hydroxylation is 1. The molecule has 0 fully saturated rings. The van der Waals surface area contributed by atoms with Crippen LogP contribution >= 0.6 is 0 Å². The van der Waals surface area contributed by atoms with Gasteiger partial charge in [-0.15, -0.1) is 0 Å². The standard InChI is InChI=1S/C19H16N2O4/c1-11-3-2-4-13-17(11)20-10-14(19(22)23)18(13)21-12-5-6-15-16(9-12)25-8-7-24-15/h2-6,9-10H,7-8H2,1H3,(H,20,21)(H,22,23). The fraction of sp³-hybridized carbons (Fsp3) is 0.158. The lowest BCUT2D eigenvalue weighted by atomic mass is 10.1. The fourth-order valence-corrected chi connectivity index (χ4v) is 2.93. The summed E-state index contributed by atoms with van der Waals surface area (Å²) in [5, 5.41) is 13.5. The zero-order valence-electron chi connectivity index (χ0n) is 13.6. The minimum Gasteiger partial charge on any atom is -0.486 e. The van der Waals surface area contributed by atoms with Gasteiger partial charge in [-0.3, -0.25) is 4.98 Å². The van der Waals surface area contributed by atoms with Crippen molar-refractivity contribution in [3.8, 4) is 11.5 Å². The number of hydrogen-bond acceptors (Lipinski definition) is 5. The topological polar surface area (TPSA) is 80.7 Å². The van der Waals surface area contributed by atoms with E-state index >= 15 is 0 Å². The molecule has 0 radical (unpaired) electrons. The molecule has 6 heteroatoms. The van der Waals surface area contributed by atoms with Gasteiger partial charge >= 0.3 is 5.97 Å². The van der Waals surface area contributed by atoms with Gasteiger partial charge in [0.2, 0.25) is 0 Å². The zero-order chi connectivity index (χ0) is 17.4. The highest BCUT2D eigenvalue weighted by molar-refractivity contribution is 6.06. The van der Waals surface area contributed by atoms with Crippen molar-refractivity contribution in [3.63, 3.8) is 0 Å². The molecule has 0 spiro atoms. The van der Waals surface area contributed by atoms with Gasteiger partial charge in [-0.2, -0.15) is 0 Å². The summed E-state index contributed by atoms with van der Waals surface area (Å²) in [7, 11) is 0. The van der Waals surface area contributed by atoms with E-state index in [1.807, 2.05) is 43.3 Å². The van der Waals surface area contributed by atoms with E-state index in [0.29, 0.717) is 30.4 Å². The maximum atomic E-state index is 11.6. The second-order valence-corrected chi connectivity index (χ2v) is 5.81. The Bertz CT molecular complexity index is 985. The van der Waals surface area contributed by atoms with E-state index in [-0.39, 0.29) is 5.56 Å². The molecule has 0 amide bonds. The summed E-state index contributed by atoms with van der Waals surface area (Å²) < 4.78 is 11.1. The summed E-state index contributed by atoms with van der Waals surface area (Å²) in [5.74, 6) is 0.296. The van der Waals surface area contributed by atoms with Gasteiger partial charge in [0.05, 0.1) is 11.2 Å². The number of rotatable bonds is 3. The number of nitrogens with zero attached hydrogens (tertiary/aromatic N) is 1. The number of ether oxygens (including phenoxy) is 2. The summed E-state index contributed by atoms with van der Waals surface area (Å²) in [6, 6.07) is 11.2. The van der Waals surface area contributed by atoms with Gasteiger partial charge in [-0.1, -0.05) is 18.2 Å². The first-order valence-corrected chi connectivity index (χ1v) is 7.92. The largest absolute Gasteiger partial charge is 0.486 e. The molecule has 1 aliphatic heterocycles. The number of benzene rings is 2. The van der Waals surface area contributed by atoms with Crippen molar-refractivity contribution >= 4 is 28.2 Å². The van der Waals surface area contributed by atoms with Gasteiger partial charge in [-0.05, 0) is 24.6 Å². The fourth-order valence-electron chi connectivity index (χ4n) is 2.93. The number of pyridine rings is 1. The Hall–Kier alpha value is -3.28. The van der Waals surface area contributed by atoms with E-state index in [4.69, 9.17) is 9.47 Å². The number of carbonyl (C=O) groups is 1. The molecule has 1 aliphatic rings. The summed E-state index contributed by atoms with van der Waals surface area (Å²) in [5.41, 5.74) is 3.11. The highest BCUT2D eigenvalue weighted by Crippen LogP contribution is 2.36. The number of carboxylic acid groups (broad SMARTS) is 1. The van der Waals surface area contributed by atoms with E-state index in [1.165, 1.54) is 6.20 Å². The molecule has 0 atom stereocenters. The van der Waals surface area contributed by atoms with E-state index < -0.39 is 5.97 Å². The highest BCUT2D eigenvalue weighted by atomic mass is 16.6. The van der Waals surface area contributed by atoms with Crippen LogP contribution in [0.25, 0.3) is 10.9 Å². The van der Waals surface area contributed by atoms with Crippen LogP contribution in [-0.2, 0) is 0 Å². The molecule has 6 nitrogen and oxygen atoms in total. The number of hydrogen-bond donors (Lipinski definition) is 2. The molecule has 126 valence electrons. The first kappa shape index (κ1) is 15.3. The minimum atomic E-state index is -1.03. The number of anilines is 2. The molecular weight excluding hydrogens is 320 g/mol. The van der Waals surface area contributed by atoms with Crippen LogP contribution in [0.4, 0.5) is 11.4 Å². The van der Waals surface area contributed by atoms with Gasteiger partial charge in [0.15, 0.2) is 11.5 Å². The van der Waals surface area contributed by atoms with E-state index in [1.54, 1.807) is 0 Å². The number of para-hydroxylation sites is 1. The predicted molar refractivity (Wildman–Crippen MR) is 94.2 cm³/mol. The van der Waals surface area contributed by atoms with E-state index in [0.717, 1.165) is 22.2 Å². The van der Waals surface area contributed by atoms with E-state index in [2.05, 4.69) is 10.3 Å². The van der Waals surface area contributed by atoms with Crippen LogP contribution in [0.2, 0.25) is 0 Å². The van der Waals surface area contributed by atoms with Crippen molar-refractivity contribution in [3.05, 3.63) is 53.7 Å². The number of fused-ring (bicyclic) bond motifs is 2. The first-order valence-electron chi connectivity index (χ1n) is 7.92. The van der Waals surface area contributed by atoms with Gasteiger partial charge in [0.25, 0.3) is 0 Å². The van der Waals surface area contributed by atoms with Gasteiger partial charge in [0, 0.05) is 23.3 Å². The smallest absolute Gasteiger partial charge is 0.339 e. The number of aromatic nitrogens is 1. The van der Waals surface area contributed by atoms with Gasteiger partial charge in [-0.25, -0.2) is 4.79 Å². The second-order valence-electron chi connectivity index (χ2n) is 5.81. The summed E-state index contributed by atoms with van der Waals surface area (Å²) in [6.07, 6.45) is 1.39. The Kier molecular flexibility index (Phi) is 3.65. The lowest BCUT2D eigenvalue weighted by Crippen LogP contribution is -2.15. The Labute approximate surface area is 144 Å². The molecule has 4 rings (SSSR count).